The summed E-state index contributed by atoms with van der Waals surface area (Å²) >= 11 is 0. The van der Waals surface area contributed by atoms with Gasteiger partial charge in [-0.1, -0.05) is 41.6 Å². The molecule has 1 aromatic heterocycles. The zero-order valence-corrected chi connectivity index (χ0v) is 12.0. The number of aromatic nitrogens is 3. The second-order valence-corrected chi connectivity index (χ2v) is 4.90. The molecule has 0 fully saturated rings. The number of carbonyl (C=O) groups is 1. The van der Waals surface area contributed by atoms with Gasteiger partial charge < -0.3 is 9.90 Å². The Morgan fingerprint density at radius 1 is 1.04 bits per heavy atom. The van der Waals surface area contributed by atoms with E-state index in [1.807, 2.05) is 0 Å². The molecule has 24 heavy (non-hydrogen) atoms. The fraction of sp³-hybridized carbons (Fsp3) is 0.0625. The van der Waals surface area contributed by atoms with Crippen LogP contribution < -0.4 is 5.11 Å². The highest BCUT2D eigenvalue weighted by molar-refractivity contribution is 5.91. The molecule has 3 rings (SSSR count). The Balaban J connectivity index is 2.22. The van der Waals surface area contributed by atoms with Crippen LogP contribution in [-0.2, 0) is 6.18 Å². The molecule has 0 amide bonds. The van der Waals surface area contributed by atoms with Crippen molar-refractivity contribution >= 4 is 5.97 Å². The molecule has 0 atom stereocenters. The lowest BCUT2D eigenvalue weighted by Gasteiger charge is -2.11. The van der Waals surface area contributed by atoms with Gasteiger partial charge in [0.2, 0.25) is 0 Å². The predicted octanol–water partition coefficient (Wildman–Crippen LogP) is 2.32. The van der Waals surface area contributed by atoms with Crippen LogP contribution in [0.15, 0.2) is 54.6 Å². The summed E-state index contributed by atoms with van der Waals surface area (Å²) in [5.41, 5.74) is -0.777. The van der Waals surface area contributed by atoms with Gasteiger partial charge in [0.25, 0.3) is 0 Å². The van der Waals surface area contributed by atoms with Crippen molar-refractivity contribution in [3.8, 4) is 16.9 Å². The number of benzene rings is 2. The summed E-state index contributed by atoms with van der Waals surface area (Å²) in [4.78, 5) is 11.3. The highest BCUT2D eigenvalue weighted by Gasteiger charge is 2.31. The van der Waals surface area contributed by atoms with Crippen LogP contribution in [0.25, 0.3) is 16.9 Å². The third-order valence-electron chi connectivity index (χ3n) is 3.33. The van der Waals surface area contributed by atoms with Crippen molar-refractivity contribution in [1.82, 2.24) is 15.0 Å². The van der Waals surface area contributed by atoms with Gasteiger partial charge in [-0.05, 0) is 18.2 Å². The predicted molar refractivity (Wildman–Crippen MR) is 76.1 cm³/mol. The van der Waals surface area contributed by atoms with E-state index in [1.54, 1.807) is 30.3 Å². The van der Waals surface area contributed by atoms with E-state index in [4.69, 9.17) is 0 Å². The fourth-order valence-corrected chi connectivity index (χ4v) is 2.27. The average Bonchev–Trinajstić information content (AvgIpc) is 3.00. The molecule has 0 spiro atoms. The Kier molecular flexibility index (Phi) is 3.80. The van der Waals surface area contributed by atoms with Gasteiger partial charge in [-0.2, -0.15) is 13.2 Å². The maximum Gasteiger partial charge on any atom is 0.416 e. The minimum atomic E-state index is -4.53. The number of carbonyl (C=O) groups excluding carboxylic acids is 1. The van der Waals surface area contributed by atoms with Gasteiger partial charge in [-0.3, -0.25) is 0 Å². The third-order valence-corrected chi connectivity index (χ3v) is 3.33. The number of alkyl halides is 3. The second kappa shape index (κ2) is 5.80. The zero-order valence-electron chi connectivity index (χ0n) is 12.0. The van der Waals surface area contributed by atoms with Crippen molar-refractivity contribution in [3.63, 3.8) is 0 Å². The number of halogens is 3. The Morgan fingerprint density at radius 2 is 1.75 bits per heavy atom. The second-order valence-electron chi connectivity index (χ2n) is 4.90. The van der Waals surface area contributed by atoms with Gasteiger partial charge >= 0.3 is 6.18 Å². The molecule has 5 nitrogen and oxygen atoms in total. The molecule has 0 aliphatic heterocycles. The summed E-state index contributed by atoms with van der Waals surface area (Å²) < 4.78 is 39.7. The van der Waals surface area contributed by atoms with Crippen LogP contribution in [0.1, 0.15) is 16.1 Å². The highest BCUT2D eigenvalue weighted by Crippen LogP contribution is 2.31. The molecule has 0 aliphatic carbocycles. The molecule has 0 aliphatic rings. The molecule has 2 aromatic carbocycles. The van der Waals surface area contributed by atoms with Gasteiger partial charge in [0.05, 0.1) is 17.2 Å². The molecule has 1 heterocycles. The first kappa shape index (κ1) is 15.7. The number of hydrogen-bond donors (Lipinski definition) is 0. The van der Waals surface area contributed by atoms with E-state index in [2.05, 4.69) is 10.3 Å². The van der Waals surface area contributed by atoms with Crippen LogP contribution in [0, 0.1) is 0 Å². The van der Waals surface area contributed by atoms with E-state index >= 15 is 0 Å². The molecule has 0 saturated heterocycles. The normalized spacial score (nSPS) is 11.5. The molecule has 0 unspecified atom stereocenters. The molecule has 0 radical (unpaired) electrons. The van der Waals surface area contributed by atoms with Gasteiger partial charge in [0.1, 0.15) is 11.4 Å². The summed E-state index contributed by atoms with van der Waals surface area (Å²) in [5, 5.41) is 18.5. The van der Waals surface area contributed by atoms with Crippen molar-refractivity contribution in [2.75, 3.05) is 0 Å². The SMILES string of the molecule is O=C([O-])c1nnn(-c2cccc(C(F)(F)F)c2)c1-c1ccccc1. The number of carboxylic acid groups (broad SMARTS) is 1. The lowest BCUT2D eigenvalue weighted by molar-refractivity contribution is -0.255. The Morgan fingerprint density at radius 3 is 2.38 bits per heavy atom. The Bertz CT molecular complexity index is 889. The molecular weight excluding hydrogens is 323 g/mol. The van der Waals surface area contributed by atoms with Crippen LogP contribution in [-0.4, -0.2) is 21.0 Å². The summed E-state index contributed by atoms with van der Waals surface area (Å²) in [6.45, 7) is 0. The lowest BCUT2D eigenvalue weighted by atomic mass is 10.1. The molecule has 8 heteroatoms. The molecule has 3 aromatic rings. The molecule has 0 saturated carbocycles. The van der Waals surface area contributed by atoms with Gasteiger partial charge in [-0.25, -0.2) is 4.68 Å². The zero-order chi connectivity index (χ0) is 17.3. The number of hydrogen-bond acceptors (Lipinski definition) is 4. The van der Waals surface area contributed by atoms with Crippen LogP contribution in [0.4, 0.5) is 13.2 Å². The smallest absolute Gasteiger partial charge is 0.416 e. The van der Waals surface area contributed by atoms with E-state index in [1.165, 1.54) is 12.1 Å². The number of nitrogens with zero attached hydrogens (tertiary/aromatic N) is 3. The van der Waals surface area contributed by atoms with Crippen molar-refractivity contribution in [3.05, 3.63) is 65.9 Å². The van der Waals surface area contributed by atoms with E-state index in [9.17, 15) is 23.1 Å². The van der Waals surface area contributed by atoms with Gasteiger partial charge in [0, 0.05) is 5.56 Å². The molecule has 0 bridgehead atoms. The van der Waals surface area contributed by atoms with Crippen LogP contribution in [0.5, 0.6) is 0 Å². The lowest BCUT2D eigenvalue weighted by Crippen LogP contribution is -2.23. The first-order valence-corrected chi connectivity index (χ1v) is 6.78. The third kappa shape index (κ3) is 2.85. The highest BCUT2D eigenvalue weighted by atomic mass is 19.4. The van der Waals surface area contributed by atoms with Crippen molar-refractivity contribution in [2.45, 2.75) is 6.18 Å². The minimum absolute atomic E-state index is 0.0451. The van der Waals surface area contributed by atoms with Crippen molar-refractivity contribution in [1.29, 1.82) is 0 Å². The summed E-state index contributed by atoms with van der Waals surface area (Å²) in [6.07, 6.45) is -4.53. The maximum absolute atomic E-state index is 12.9. The molecule has 122 valence electrons. The number of carboxylic acids is 1. The molecule has 0 N–H and O–H groups in total. The number of rotatable bonds is 3. The summed E-state index contributed by atoms with van der Waals surface area (Å²) in [7, 11) is 0. The first-order valence-electron chi connectivity index (χ1n) is 6.78. The summed E-state index contributed by atoms with van der Waals surface area (Å²) in [5.74, 6) is -1.56. The van der Waals surface area contributed by atoms with Crippen molar-refractivity contribution < 1.29 is 23.1 Å². The largest absolute Gasteiger partial charge is 0.543 e. The standard InChI is InChI=1S/C16H10F3N3O2/c17-16(18,19)11-7-4-8-12(9-11)22-14(10-5-2-1-3-6-10)13(15(23)24)20-21-22/h1-9H,(H,23,24)/p-1. The maximum atomic E-state index is 12.9. The van der Waals surface area contributed by atoms with E-state index < -0.39 is 23.4 Å². The van der Waals surface area contributed by atoms with Crippen LogP contribution in [0.3, 0.4) is 0 Å². The van der Waals surface area contributed by atoms with E-state index in [0.717, 1.165) is 16.8 Å². The molecular formula is C16H9F3N3O2-. The topological polar surface area (TPSA) is 70.8 Å². The Hall–Kier alpha value is -3.16. The van der Waals surface area contributed by atoms with Crippen LogP contribution >= 0.6 is 0 Å². The average molecular weight is 332 g/mol. The van der Waals surface area contributed by atoms with Gasteiger partial charge in [-0.15, -0.1) is 5.10 Å². The number of aromatic carboxylic acids is 1. The monoisotopic (exact) mass is 332 g/mol. The van der Waals surface area contributed by atoms with E-state index in [0.29, 0.717) is 5.56 Å². The van der Waals surface area contributed by atoms with E-state index in [-0.39, 0.29) is 11.4 Å². The first-order chi connectivity index (χ1) is 11.4. The fourth-order valence-electron chi connectivity index (χ4n) is 2.27. The quantitative estimate of drug-likeness (QED) is 0.738. The van der Waals surface area contributed by atoms with Crippen molar-refractivity contribution in [2.24, 2.45) is 0 Å². The van der Waals surface area contributed by atoms with Crippen LogP contribution in [0.2, 0.25) is 0 Å². The minimum Gasteiger partial charge on any atom is -0.543 e. The Labute approximate surface area is 134 Å². The summed E-state index contributed by atoms with van der Waals surface area (Å²) in [6, 6.07) is 12.7. The van der Waals surface area contributed by atoms with Gasteiger partial charge in [0.15, 0.2) is 0 Å².